The highest BCUT2D eigenvalue weighted by molar-refractivity contribution is 7.80. The number of piperidine rings is 1. The predicted molar refractivity (Wildman–Crippen MR) is 58.1 cm³/mol. The molecular formula is C10H19NOS. The van der Waals surface area contributed by atoms with E-state index in [1.54, 1.807) is 0 Å². The lowest BCUT2D eigenvalue weighted by Crippen LogP contribution is -2.42. The average Bonchev–Trinajstić information content (AvgIpc) is 2.02. The monoisotopic (exact) mass is 201 g/mol. The van der Waals surface area contributed by atoms with Crippen LogP contribution in [0.25, 0.3) is 0 Å². The number of likely N-dealkylation sites (tertiary alicyclic amines) is 1. The molecule has 0 aromatic heterocycles. The van der Waals surface area contributed by atoms with Gasteiger partial charge in [-0.1, -0.05) is 13.8 Å². The molecule has 1 rings (SSSR count). The van der Waals surface area contributed by atoms with Crippen LogP contribution in [0.2, 0.25) is 0 Å². The third-order valence-electron chi connectivity index (χ3n) is 2.63. The van der Waals surface area contributed by atoms with Crippen molar-refractivity contribution < 1.29 is 4.79 Å². The van der Waals surface area contributed by atoms with Gasteiger partial charge in [0, 0.05) is 19.5 Å². The number of hydrogen-bond acceptors (Lipinski definition) is 2. The summed E-state index contributed by atoms with van der Waals surface area (Å²) in [4.78, 5) is 13.6. The van der Waals surface area contributed by atoms with Crippen LogP contribution in [0.5, 0.6) is 0 Å². The fourth-order valence-corrected chi connectivity index (χ4v) is 1.81. The van der Waals surface area contributed by atoms with Crippen molar-refractivity contribution in [1.82, 2.24) is 4.90 Å². The van der Waals surface area contributed by atoms with Gasteiger partial charge < -0.3 is 4.90 Å². The maximum absolute atomic E-state index is 11.6. The zero-order chi connectivity index (χ0) is 9.90. The quantitative estimate of drug-likeness (QED) is 0.692. The Labute approximate surface area is 86.1 Å². The van der Waals surface area contributed by atoms with Gasteiger partial charge in [0.25, 0.3) is 0 Å². The number of hydrogen-bond donors (Lipinski definition) is 1. The molecule has 0 radical (unpaired) electrons. The second-order valence-electron chi connectivity index (χ2n) is 4.55. The van der Waals surface area contributed by atoms with Gasteiger partial charge in [-0.2, -0.15) is 12.6 Å². The highest BCUT2D eigenvalue weighted by Gasteiger charge is 2.30. The molecule has 0 aromatic rings. The van der Waals surface area contributed by atoms with E-state index >= 15 is 0 Å². The Morgan fingerprint density at radius 2 is 2.23 bits per heavy atom. The molecule has 1 saturated heterocycles. The molecule has 1 amide bonds. The van der Waals surface area contributed by atoms with Gasteiger partial charge in [0.1, 0.15) is 0 Å². The zero-order valence-corrected chi connectivity index (χ0v) is 9.44. The molecule has 76 valence electrons. The van der Waals surface area contributed by atoms with Crippen LogP contribution in [0, 0.1) is 5.41 Å². The Bertz CT molecular complexity index is 191. The molecule has 0 unspecified atom stereocenters. The molecule has 0 N–H and O–H groups in total. The van der Waals surface area contributed by atoms with E-state index in [9.17, 15) is 4.79 Å². The van der Waals surface area contributed by atoms with E-state index in [1.165, 1.54) is 0 Å². The first-order valence-corrected chi connectivity index (χ1v) is 5.57. The van der Waals surface area contributed by atoms with E-state index in [0.717, 1.165) is 31.7 Å². The third kappa shape index (κ3) is 3.22. The highest BCUT2D eigenvalue weighted by atomic mass is 32.1. The molecule has 1 aliphatic rings. The predicted octanol–water partition coefficient (Wildman–Crippen LogP) is 1.95. The summed E-state index contributed by atoms with van der Waals surface area (Å²) in [6.07, 6.45) is 2.85. The normalized spacial score (nSPS) is 22.1. The lowest BCUT2D eigenvalue weighted by molar-refractivity contribution is -0.137. The lowest BCUT2D eigenvalue weighted by Gasteiger charge is -2.36. The van der Waals surface area contributed by atoms with Crippen LogP contribution in [-0.2, 0) is 4.79 Å². The number of carbonyl (C=O) groups excluding carboxylic acids is 1. The van der Waals surface area contributed by atoms with Crippen LogP contribution in [0.4, 0.5) is 0 Å². The van der Waals surface area contributed by atoms with Crippen LogP contribution < -0.4 is 0 Å². The molecule has 0 saturated carbocycles. The summed E-state index contributed by atoms with van der Waals surface area (Å²) in [7, 11) is 0. The summed E-state index contributed by atoms with van der Waals surface area (Å²) in [6, 6.07) is 0. The van der Waals surface area contributed by atoms with Crippen LogP contribution >= 0.6 is 12.6 Å². The second kappa shape index (κ2) is 4.36. The van der Waals surface area contributed by atoms with Crippen molar-refractivity contribution >= 4 is 18.5 Å². The SMILES string of the molecule is CC1(C)CCN(CCCS)C(=O)C1. The summed E-state index contributed by atoms with van der Waals surface area (Å²) in [5.41, 5.74) is 0.217. The van der Waals surface area contributed by atoms with Gasteiger partial charge >= 0.3 is 0 Å². The van der Waals surface area contributed by atoms with Crippen LogP contribution in [0.3, 0.4) is 0 Å². The molecule has 1 heterocycles. The number of carbonyl (C=O) groups is 1. The summed E-state index contributed by atoms with van der Waals surface area (Å²) >= 11 is 4.15. The first kappa shape index (κ1) is 10.9. The zero-order valence-electron chi connectivity index (χ0n) is 8.55. The first-order valence-electron chi connectivity index (χ1n) is 4.94. The molecule has 0 aliphatic carbocycles. The first-order chi connectivity index (χ1) is 6.05. The standard InChI is InChI=1S/C10H19NOS/c1-10(2)4-6-11(5-3-7-13)9(12)8-10/h13H,3-8H2,1-2H3. The van der Waals surface area contributed by atoms with Crippen molar-refractivity contribution in [3.63, 3.8) is 0 Å². The Balaban J connectivity index is 2.40. The minimum absolute atomic E-state index is 0.217. The lowest BCUT2D eigenvalue weighted by atomic mass is 9.82. The Hall–Kier alpha value is -0.180. The smallest absolute Gasteiger partial charge is 0.223 e. The fraction of sp³-hybridized carbons (Fsp3) is 0.900. The van der Waals surface area contributed by atoms with Crippen molar-refractivity contribution in [1.29, 1.82) is 0 Å². The number of thiol groups is 1. The third-order valence-corrected chi connectivity index (χ3v) is 2.94. The molecular weight excluding hydrogens is 182 g/mol. The number of nitrogens with zero attached hydrogens (tertiary/aromatic N) is 1. The van der Waals surface area contributed by atoms with Gasteiger partial charge in [-0.3, -0.25) is 4.79 Å². The Kier molecular flexibility index (Phi) is 3.65. The van der Waals surface area contributed by atoms with Crippen LogP contribution in [0.1, 0.15) is 33.1 Å². The van der Waals surface area contributed by atoms with E-state index in [1.807, 2.05) is 4.90 Å². The summed E-state index contributed by atoms with van der Waals surface area (Å²) in [5, 5.41) is 0. The second-order valence-corrected chi connectivity index (χ2v) is 5.00. The minimum Gasteiger partial charge on any atom is -0.343 e. The molecule has 3 heteroatoms. The van der Waals surface area contributed by atoms with E-state index < -0.39 is 0 Å². The van der Waals surface area contributed by atoms with Crippen molar-refractivity contribution in [2.75, 3.05) is 18.8 Å². The molecule has 0 bridgehead atoms. The van der Waals surface area contributed by atoms with Crippen molar-refractivity contribution in [3.8, 4) is 0 Å². The van der Waals surface area contributed by atoms with E-state index in [-0.39, 0.29) is 5.41 Å². The maximum atomic E-state index is 11.6. The topological polar surface area (TPSA) is 20.3 Å². The fourth-order valence-electron chi connectivity index (χ4n) is 1.67. The summed E-state index contributed by atoms with van der Waals surface area (Å²) in [6.45, 7) is 6.15. The van der Waals surface area contributed by atoms with Crippen LogP contribution in [0.15, 0.2) is 0 Å². The van der Waals surface area contributed by atoms with Crippen molar-refractivity contribution in [3.05, 3.63) is 0 Å². The minimum atomic E-state index is 0.217. The average molecular weight is 201 g/mol. The van der Waals surface area contributed by atoms with Gasteiger partial charge in [-0.05, 0) is 24.0 Å². The molecule has 1 fully saturated rings. The molecule has 0 aromatic carbocycles. The van der Waals surface area contributed by atoms with Crippen molar-refractivity contribution in [2.24, 2.45) is 5.41 Å². The van der Waals surface area contributed by atoms with E-state index in [0.29, 0.717) is 12.3 Å². The van der Waals surface area contributed by atoms with Gasteiger partial charge in [0.15, 0.2) is 0 Å². The molecule has 0 spiro atoms. The van der Waals surface area contributed by atoms with E-state index in [2.05, 4.69) is 26.5 Å². The summed E-state index contributed by atoms with van der Waals surface area (Å²) in [5.74, 6) is 1.19. The Morgan fingerprint density at radius 3 is 2.77 bits per heavy atom. The molecule has 2 nitrogen and oxygen atoms in total. The molecule has 0 atom stereocenters. The van der Waals surface area contributed by atoms with Crippen molar-refractivity contribution in [2.45, 2.75) is 33.1 Å². The van der Waals surface area contributed by atoms with Gasteiger partial charge in [0.05, 0.1) is 0 Å². The summed E-state index contributed by atoms with van der Waals surface area (Å²) < 4.78 is 0. The van der Waals surface area contributed by atoms with Gasteiger partial charge in [-0.15, -0.1) is 0 Å². The molecule has 1 aliphatic heterocycles. The number of amides is 1. The number of rotatable bonds is 3. The van der Waals surface area contributed by atoms with Gasteiger partial charge in [-0.25, -0.2) is 0 Å². The van der Waals surface area contributed by atoms with Crippen LogP contribution in [-0.4, -0.2) is 29.6 Å². The van der Waals surface area contributed by atoms with E-state index in [4.69, 9.17) is 0 Å². The highest BCUT2D eigenvalue weighted by Crippen LogP contribution is 2.30. The maximum Gasteiger partial charge on any atom is 0.223 e. The molecule has 13 heavy (non-hydrogen) atoms. The Morgan fingerprint density at radius 1 is 1.54 bits per heavy atom. The largest absolute Gasteiger partial charge is 0.343 e. The van der Waals surface area contributed by atoms with Gasteiger partial charge in [0.2, 0.25) is 5.91 Å².